The summed E-state index contributed by atoms with van der Waals surface area (Å²) < 4.78 is 6.80. The van der Waals surface area contributed by atoms with Gasteiger partial charge in [-0.25, -0.2) is 0 Å². The summed E-state index contributed by atoms with van der Waals surface area (Å²) in [6.45, 7) is 4.72. The molecule has 2 nitrogen and oxygen atoms in total. The second kappa shape index (κ2) is 15.6. The molecule has 0 radical (unpaired) electrons. The molecule has 0 bridgehead atoms. The maximum absolute atomic E-state index is 6.80. The van der Waals surface area contributed by atoms with E-state index in [2.05, 4.69) is 255 Å². The standard InChI is InChI=1S/C63H45NO/c1-63(2)59-28-10-9-21-55(59)56-25-12-22-52(60(56)63)46-33-39-51(40-34-46)64(49-35-29-43(30-36-49)42-15-5-3-6-16-42)50-37-31-44(32-38-50)47-19-11-20-48(41-47)54-24-14-27-58-57-26-13-23-53(61(57)65-62(54)58)45-17-7-4-8-18-45/h3-41H,1-2H3. The minimum Gasteiger partial charge on any atom is -0.455 e. The fraction of sp³-hybridized carbons (Fsp3) is 0.0476. The Morgan fingerprint density at radius 3 is 1.34 bits per heavy atom. The Bertz CT molecular complexity index is 3530. The van der Waals surface area contributed by atoms with Crippen LogP contribution in [0.25, 0.3) is 88.7 Å². The van der Waals surface area contributed by atoms with Crippen LogP contribution >= 0.6 is 0 Å². The van der Waals surface area contributed by atoms with Gasteiger partial charge in [-0.05, 0) is 109 Å². The van der Waals surface area contributed by atoms with Crippen LogP contribution in [-0.2, 0) is 5.41 Å². The van der Waals surface area contributed by atoms with Crippen molar-refractivity contribution in [2.24, 2.45) is 0 Å². The molecule has 1 aliphatic rings. The van der Waals surface area contributed by atoms with Gasteiger partial charge in [0.05, 0.1) is 0 Å². The summed E-state index contributed by atoms with van der Waals surface area (Å²) in [6, 6.07) is 85.5. The lowest BCUT2D eigenvalue weighted by Crippen LogP contribution is -2.16. The minimum absolute atomic E-state index is 0.0949. The third kappa shape index (κ3) is 6.57. The molecule has 0 aliphatic heterocycles. The second-order valence-electron chi connectivity index (χ2n) is 17.7. The first-order chi connectivity index (χ1) is 32.0. The summed E-state index contributed by atoms with van der Waals surface area (Å²) in [7, 11) is 0. The van der Waals surface area contributed by atoms with E-state index in [0.717, 1.165) is 72.4 Å². The fourth-order valence-corrected chi connectivity index (χ4v) is 10.3. The highest BCUT2D eigenvalue weighted by Gasteiger charge is 2.37. The van der Waals surface area contributed by atoms with Crippen molar-refractivity contribution in [3.8, 4) is 66.8 Å². The van der Waals surface area contributed by atoms with Crippen LogP contribution in [0.3, 0.4) is 0 Å². The molecule has 10 aromatic carbocycles. The smallest absolute Gasteiger partial charge is 0.143 e. The third-order valence-electron chi connectivity index (χ3n) is 13.5. The molecule has 0 saturated heterocycles. The number of nitrogens with zero attached hydrogens (tertiary/aromatic N) is 1. The molecule has 1 aliphatic carbocycles. The number of hydrogen-bond donors (Lipinski definition) is 0. The second-order valence-corrected chi connectivity index (χ2v) is 17.7. The predicted molar refractivity (Wildman–Crippen MR) is 273 cm³/mol. The van der Waals surface area contributed by atoms with Crippen molar-refractivity contribution in [1.82, 2.24) is 0 Å². The topological polar surface area (TPSA) is 16.4 Å². The number of anilines is 3. The number of benzene rings is 10. The van der Waals surface area contributed by atoms with Crippen LogP contribution in [0.15, 0.2) is 241 Å². The molecule has 0 N–H and O–H groups in total. The molecule has 11 aromatic rings. The van der Waals surface area contributed by atoms with Gasteiger partial charge in [0.1, 0.15) is 11.2 Å². The molecule has 1 aromatic heterocycles. The third-order valence-corrected chi connectivity index (χ3v) is 13.5. The van der Waals surface area contributed by atoms with Crippen molar-refractivity contribution in [2.75, 3.05) is 4.90 Å². The number of fused-ring (bicyclic) bond motifs is 6. The van der Waals surface area contributed by atoms with E-state index in [-0.39, 0.29) is 5.41 Å². The molecule has 2 heteroatoms. The van der Waals surface area contributed by atoms with Gasteiger partial charge >= 0.3 is 0 Å². The maximum atomic E-state index is 6.80. The van der Waals surface area contributed by atoms with Gasteiger partial charge in [0.2, 0.25) is 0 Å². The molecule has 0 amide bonds. The quantitative estimate of drug-likeness (QED) is 0.152. The van der Waals surface area contributed by atoms with Crippen molar-refractivity contribution < 1.29 is 4.42 Å². The molecule has 0 unspecified atom stereocenters. The Balaban J connectivity index is 0.903. The predicted octanol–water partition coefficient (Wildman–Crippen LogP) is 17.7. The first kappa shape index (κ1) is 38.5. The van der Waals surface area contributed by atoms with Gasteiger partial charge in [-0.3, -0.25) is 0 Å². The number of para-hydroxylation sites is 2. The first-order valence-corrected chi connectivity index (χ1v) is 22.5. The fourth-order valence-electron chi connectivity index (χ4n) is 10.3. The van der Waals surface area contributed by atoms with E-state index in [1.165, 1.54) is 44.5 Å². The molecular formula is C63H45NO. The summed E-state index contributed by atoms with van der Waals surface area (Å²) in [5.74, 6) is 0. The monoisotopic (exact) mass is 831 g/mol. The number of furan rings is 1. The van der Waals surface area contributed by atoms with Crippen LogP contribution in [0.5, 0.6) is 0 Å². The van der Waals surface area contributed by atoms with Gasteiger partial charge in [-0.1, -0.05) is 208 Å². The summed E-state index contributed by atoms with van der Waals surface area (Å²) in [5, 5.41) is 2.25. The van der Waals surface area contributed by atoms with Crippen molar-refractivity contribution in [2.45, 2.75) is 19.3 Å². The van der Waals surface area contributed by atoms with E-state index in [4.69, 9.17) is 4.42 Å². The summed E-state index contributed by atoms with van der Waals surface area (Å²) in [4.78, 5) is 2.36. The van der Waals surface area contributed by atoms with Crippen LogP contribution in [0, 0.1) is 0 Å². The summed E-state index contributed by atoms with van der Waals surface area (Å²) in [5.41, 5.74) is 22.1. The van der Waals surface area contributed by atoms with Crippen LogP contribution in [-0.4, -0.2) is 0 Å². The highest BCUT2D eigenvalue weighted by atomic mass is 16.3. The largest absolute Gasteiger partial charge is 0.455 e. The molecular weight excluding hydrogens is 787 g/mol. The Kier molecular flexibility index (Phi) is 9.21. The molecule has 0 spiro atoms. The zero-order valence-corrected chi connectivity index (χ0v) is 36.4. The lowest BCUT2D eigenvalue weighted by Gasteiger charge is -2.27. The van der Waals surface area contributed by atoms with Crippen LogP contribution in [0.2, 0.25) is 0 Å². The summed E-state index contributed by atoms with van der Waals surface area (Å²) >= 11 is 0. The molecule has 308 valence electrons. The van der Waals surface area contributed by atoms with Gasteiger partial charge < -0.3 is 9.32 Å². The van der Waals surface area contributed by atoms with Gasteiger partial charge in [0, 0.05) is 44.4 Å². The molecule has 0 atom stereocenters. The Morgan fingerprint density at radius 1 is 0.308 bits per heavy atom. The Labute approximate surface area is 380 Å². The minimum atomic E-state index is -0.0949. The zero-order valence-electron chi connectivity index (χ0n) is 36.4. The van der Waals surface area contributed by atoms with Crippen LogP contribution in [0.4, 0.5) is 17.1 Å². The normalized spacial score (nSPS) is 12.6. The van der Waals surface area contributed by atoms with E-state index < -0.39 is 0 Å². The lowest BCUT2D eigenvalue weighted by atomic mass is 9.79. The highest BCUT2D eigenvalue weighted by Crippen LogP contribution is 2.52. The van der Waals surface area contributed by atoms with Gasteiger partial charge in [-0.15, -0.1) is 0 Å². The van der Waals surface area contributed by atoms with Crippen molar-refractivity contribution >= 4 is 39.0 Å². The SMILES string of the molecule is CC1(C)c2ccccc2-c2cccc(-c3ccc(N(c4ccc(-c5ccccc5)cc4)c4ccc(-c5cccc(-c6cccc7c6oc6c(-c8ccccc8)cccc67)c5)cc4)cc3)c21. The van der Waals surface area contributed by atoms with E-state index in [1.54, 1.807) is 0 Å². The van der Waals surface area contributed by atoms with Crippen LogP contribution in [0.1, 0.15) is 25.0 Å². The van der Waals surface area contributed by atoms with E-state index in [0.29, 0.717) is 0 Å². The Morgan fingerprint density at radius 2 is 0.708 bits per heavy atom. The Hall–Kier alpha value is -8.20. The lowest BCUT2D eigenvalue weighted by molar-refractivity contribution is 0.662. The summed E-state index contributed by atoms with van der Waals surface area (Å²) in [6.07, 6.45) is 0. The van der Waals surface area contributed by atoms with Crippen molar-refractivity contribution in [1.29, 1.82) is 0 Å². The van der Waals surface area contributed by atoms with Crippen LogP contribution < -0.4 is 4.90 Å². The average Bonchev–Trinajstić information content (AvgIpc) is 3.87. The molecule has 12 rings (SSSR count). The van der Waals surface area contributed by atoms with Crippen molar-refractivity contribution in [3.63, 3.8) is 0 Å². The number of rotatable bonds is 8. The van der Waals surface area contributed by atoms with E-state index >= 15 is 0 Å². The number of hydrogen-bond acceptors (Lipinski definition) is 2. The maximum Gasteiger partial charge on any atom is 0.143 e. The molecule has 0 fully saturated rings. The van der Waals surface area contributed by atoms with Gasteiger partial charge in [0.15, 0.2) is 0 Å². The zero-order chi connectivity index (χ0) is 43.5. The molecule has 65 heavy (non-hydrogen) atoms. The van der Waals surface area contributed by atoms with Crippen molar-refractivity contribution in [3.05, 3.63) is 248 Å². The van der Waals surface area contributed by atoms with Gasteiger partial charge in [-0.2, -0.15) is 0 Å². The highest BCUT2D eigenvalue weighted by molar-refractivity contribution is 6.13. The first-order valence-electron chi connectivity index (χ1n) is 22.5. The molecule has 1 heterocycles. The van der Waals surface area contributed by atoms with Gasteiger partial charge in [0.25, 0.3) is 0 Å². The van der Waals surface area contributed by atoms with E-state index in [1.807, 2.05) is 0 Å². The van der Waals surface area contributed by atoms with E-state index in [9.17, 15) is 0 Å². The molecule has 0 saturated carbocycles. The average molecular weight is 832 g/mol.